The predicted molar refractivity (Wildman–Crippen MR) is 78.2 cm³/mol. The summed E-state index contributed by atoms with van der Waals surface area (Å²) < 4.78 is 5.74. The largest absolute Gasteiger partial charge is 0.424 e. The van der Waals surface area contributed by atoms with Crippen molar-refractivity contribution >= 4 is 0 Å². The Morgan fingerprint density at radius 2 is 2.00 bits per heavy atom. The second kappa shape index (κ2) is 5.84. The van der Waals surface area contributed by atoms with Crippen LogP contribution >= 0.6 is 0 Å². The Bertz CT molecular complexity index is 439. The molecular weight excluding hydrogens is 250 g/mol. The number of nitrogens with one attached hydrogen (secondary N) is 1. The molecule has 2 fully saturated rings. The molecule has 3 unspecified atom stereocenters. The number of hydrogen-bond donors (Lipinski definition) is 1. The topological polar surface area (TPSA) is 51.0 Å². The van der Waals surface area contributed by atoms with Crippen LogP contribution in [-0.2, 0) is 6.54 Å². The average Bonchev–Trinajstić information content (AvgIpc) is 3.15. The molecule has 1 aromatic heterocycles. The Hall–Kier alpha value is -0.900. The van der Waals surface area contributed by atoms with Gasteiger partial charge in [0.25, 0.3) is 0 Å². The maximum absolute atomic E-state index is 5.74. The second-order valence-electron chi connectivity index (χ2n) is 7.12. The van der Waals surface area contributed by atoms with Crippen molar-refractivity contribution in [2.75, 3.05) is 0 Å². The maximum atomic E-state index is 5.74. The molecule has 4 heteroatoms. The van der Waals surface area contributed by atoms with Gasteiger partial charge >= 0.3 is 0 Å². The van der Waals surface area contributed by atoms with Crippen molar-refractivity contribution in [3.8, 4) is 0 Å². The zero-order valence-corrected chi connectivity index (χ0v) is 12.9. The van der Waals surface area contributed by atoms with Gasteiger partial charge in [-0.1, -0.05) is 27.2 Å². The minimum atomic E-state index is 0.550. The number of hydrogen-bond acceptors (Lipinski definition) is 4. The number of nitrogens with zero attached hydrogens (tertiary/aromatic N) is 2. The summed E-state index contributed by atoms with van der Waals surface area (Å²) in [6, 6.07) is 0.593. The van der Waals surface area contributed by atoms with Crippen LogP contribution in [0.15, 0.2) is 4.42 Å². The van der Waals surface area contributed by atoms with E-state index in [9.17, 15) is 0 Å². The van der Waals surface area contributed by atoms with Crippen LogP contribution in [0.25, 0.3) is 0 Å². The summed E-state index contributed by atoms with van der Waals surface area (Å²) in [4.78, 5) is 0. The third kappa shape index (κ3) is 3.22. The molecule has 0 saturated heterocycles. The molecule has 112 valence electrons. The van der Waals surface area contributed by atoms with Crippen molar-refractivity contribution in [2.45, 2.75) is 71.4 Å². The molecule has 0 aliphatic heterocycles. The van der Waals surface area contributed by atoms with Crippen molar-refractivity contribution < 1.29 is 4.42 Å². The van der Waals surface area contributed by atoms with Gasteiger partial charge in [-0.05, 0) is 43.4 Å². The Balaban J connectivity index is 1.56. The Morgan fingerprint density at radius 3 is 2.70 bits per heavy atom. The molecular formula is C16H27N3O. The van der Waals surface area contributed by atoms with Crippen LogP contribution in [0.5, 0.6) is 0 Å². The molecule has 3 rings (SSSR count). The average molecular weight is 277 g/mol. The molecule has 0 aromatic carbocycles. The summed E-state index contributed by atoms with van der Waals surface area (Å²) >= 11 is 0. The zero-order valence-electron chi connectivity index (χ0n) is 12.9. The molecule has 0 radical (unpaired) electrons. The lowest BCUT2D eigenvalue weighted by Gasteiger charge is -2.37. The standard InChI is InChI=1S/C16H27N3O/c1-10(2)13-7-4-11(3)8-14(13)17-9-15-18-19-16(20-15)12-5-6-12/h10-14,17H,4-9H2,1-3H3. The molecule has 2 saturated carbocycles. The van der Waals surface area contributed by atoms with E-state index in [-0.39, 0.29) is 0 Å². The van der Waals surface area contributed by atoms with Gasteiger partial charge in [-0.25, -0.2) is 0 Å². The van der Waals surface area contributed by atoms with E-state index >= 15 is 0 Å². The summed E-state index contributed by atoms with van der Waals surface area (Å²) in [5, 5.41) is 12.0. The Labute approximate surface area is 121 Å². The van der Waals surface area contributed by atoms with Gasteiger partial charge in [0.05, 0.1) is 6.54 Å². The van der Waals surface area contributed by atoms with E-state index in [0.29, 0.717) is 12.0 Å². The first kappa shape index (κ1) is 14.1. The van der Waals surface area contributed by atoms with Crippen LogP contribution in [0.2, 0.25) is 0 Å². The highest BCUT2D eigenvalue weighted by atomic mass is 16.4. The quantitative estimate of drug-likeness (QED) is 0.895. The van der Waals surface area contributed by atoms with E-state index in [4.69, 9.17) is 4.42 Å². The first-order valence-corrected chi connectivity index (χ1v) is 8.19. The summed E-state index contributed by atoms with van der Waals surface area (Å²) in [6.07, 6.45) is 6.41. The maximum Gasteiger partial charge on any atom is 0.230 e. The highest BCUT2D eigenvalue weighted by Gasteiger charge is 2.31. The van der Waals surface area contributed by atoms with Crippen molar-refractivity contribution in [1.29, 1.82) is 0 Å². The fourth-order valence-electron chi connectivity index (χ4n) is 3.49. The van der Waals surface area contributed by atoms with E-state index in [2.05, 4.69) is 36.3 Å². The summed E-state index contributed by atoms with van der Waals surface area (Å²) in [5.41, 5.74) is 0. The van der Waals surface area contributed by atoms with Crippen LogP contribution in [0.1, 0.15) is 70.6 Å². The van der Waals surface area contributed by atoms with Gasteiger partial charge in [0.15, 0.2) is 0 Å². The molecule has 1 N–H and O–H groups in total. The minimum absolute atomic E-state index is 0.550. The molecule has 1 heterocycles. The third-order valence-corrected chi connectivity index (χ3v) is 4.95. The highest BCUT2D eigenvalue weighted by Crippen LogP contribution is 2.39. The molecule has 20 heavy (non-hydrogen) atoms. The zero-order chi connectivity index (χ0) is 14.1. The van der Waals surface area contributed by atoms with E-state index in [1.54, 1.807) is 0 Å². The fourth-order valence-corrected chi connectivity index (χ4v) is 3.49. The number of aromatic nitrogens is 2. The lowest BCUT2D eigenvalue weighted by molar-refractivity contribution is 0.166. The van der Waals surface area contributed by atoms with E-state index in [1.165, 1.54) is 32.1 Å². The molecule has 2 aliphatic carbocycles. The van der Waals surface area contributed by atoms with Gasteiger partial charge in [-0.3, -0.25) is 0 Å². The van der Waals surface area contributed by atoms with Gasteiger partial charge in [0.1, 0.15) is 0 Å². The van der Waals surface area contributed by atoms with Crippen LogP contribution < -0.4 is 5.32 Å². The van der Waals surface area contributed by atoms with E-state index in [0.717, 1.165) is 36.1 Å². The lowest BCUT2D eigenvalue weighted by Crippen LogP contribution is -2.42. The normalized spacial score (nSPS) is 30.9. The SMILES string of the molecule is CC1CCC(C(C)C)C(NCc2nnc(C3CC3)o2)C1. The van der Waals surface area contributed by atoms with Crippen molar-refractivity contribution in [3.05, 3.63) is 11.8 Å². The van der Waals surface area contributed by atoms with Crippen molar-refractivity contribution in [1.82, 2.24) is 15.5 Å². The van der Waals surface area contributed by atoms with E-state index < -0.39 is 0 Å². The minimum Gasteiger partial charge on any atom is -0.424 e. The van der Waals surface area contributed by atoms with Gasteiger partial charge in [0.2, 0.25) is 11.8 Å². The third-order valence-electron chi connectivity index (χ3n) is 4.95. The summed E-state index contributed by atoms with van der Waals surface area (Å²) in [5.74, 6) is 4.50. The molecule has 0 spiro atoms. The Morgan fingerprint density at radius 1 is 1.20 bits per heavy atom. The summed E-state index contributed by atoms with van der Waals surface area (Å²) in [6.45, 7) is 7.77. The fraction of sp³-hybridized carbons (Fsp3) is 0.875. The monoisotopic (exact) mass is 277 g/mol. The smallest absolute Gasteiger partial charge is 0.230 e. The number of rotatable bonds is 5. The summed E-state index contributed by atoms with van der Waals surface area (Å²) in [7, 11) is 0. The first-order valence-electron chi connectivity index (χ1n) is 8.19. The van der Waals surface area contributed by atoms with Gasteiger partial charge in [0, 0.05) is 12.0 Å². The van der Waals surface area contributed by atoms with Crippen LogP contribution in [-0.4, -0.2) is 16.2 Å². The molecule has 2 aliphatic rings. The van der Waals surface area contributed by atoms with Gasteiger partial charge in [-0.2, -0.15) is 0 Å². The van der Waals surface area contributed by atoms with Crippen LogP contribution in [0.3, 0.4) is 0 Å². The van der Waals surface area contributed by atoms with Gasteiger partial charge in [-0.15, -0.1) is 10.2 Å². The van der Waals surface area contributed by atoms with Gasteiger partial charge < -0.3 is 9.73 Å². The molecule has 3 atom stereocenters. The molecule has 4 nitrogen and oxygen atoms in total. The van der Waals surface area contributed by atoms with Crippen molar-refractivity contribution in [3.63, 3.8) is 0 Å². The van der Waals surface area contributed by atoms with Crippen molar-refractivity contribution in [2.24, 2.45) is 17.8 Å². The Kier molecular flexibility index (Phi) is 4.11. The van der Waals surface area contributed by atoms with E-state index in [1.807, 2.05) is 0 Å². The predicted octanol–water partition coefficient (Wildman–Crippen LogP) is 3.50. The molecule has 0 amide bonds. The highest BCUT2D eigenvalue weighted by molar-refractivity contribution is 5.00. The second-order valence-corrected chi connectivity index (χ2v) is 7.12. The lowest BCUT2D eigenvalue weighted by atomic mass is 9.74. The van der Waals surface area contributed by atoms with Crippen LogP contribution in [0.4, 0.5) is 0 Å². The molecule has 1 aromatic rings. The first-order chi connectivity index (χ1) is 9.63. The molecule has 0 bridgehead atoms. The van der Waals surface area contributed by atoms with Crippen LogP contribution in [0, 0.1) is 17.8 Å².